The van der Waals surface area contributed by atoms with E-state index in [0.717, 1.165) is 23.3 Å². The number of anilines is 2. The van der Waals surface area contributed by atoms with Crippen LogP contribution in [0.25, 0.3) is 0 Å². The van der Waals surface area contributed by atoms with Crippen LogP contribution in [0, 0.1) is 10.1 Å². The van der Waals surface area contributed by atoms with E-state index >= 15 is 0 Å². The summed E-state index contributed by atoms with van der Waals surface area (Å²) in [5, 5.41) is 11.4. The number of aromatic nitrogens is 2. The van der Waals surface area contributed by atoms with E-state index in [2.05, 4.69) is 9.97 Å². The minimum atomic E-state index is -4.49. The van der Waals surface area contributed by atoms with Crippen LogP contribution < -0.4 is 10.9 Å². The average Bonchev–Trinajstić information content (AvgIpc) is 2.46. The molecule has 10 heteroatoms. The molecule has 21 heavy (non-hydrogen) atoms. The van der Waals surface area contributed by atoms with Gasteiger partial charge >= 0.3 is 6.18 Å². The third kappa shape index (κ3) is 3.23. The number of nitrogens with two attached hydrogens (primary N) is 1. The Morgan fingerprint density at radius 3 is 2.05 bits per heavy atom. The van der Waals surface area contributed by atoms with Gasteiger partial charge < -0.3 is 0 Å². The Bertz CT molecular complexity index is 642. The van der Waals surface area contributed by atoms with Crippen LogP contribution in [0.2, 0.25) is 0 Å². The van der Waals surface area contributed by atoms with Crippen molar-refractivity contribution < 1.29 is 18.1 Å². The molecule has 0 fully saturated rings. The van der Waals surface area contributed by atoms with E-state index in [9.17, 15) is 23.3 Å². The van der Waals surface area contributed by atoms with Crippen molar-refractivity contribution in [1.29, 1.82) is 0 Å². The fourth-order valence-electron chi connectivity index (χ4n) is 1.44. The molecule has 2 heterocycles. The number of nitro groups is 1. The molecule has 0 radical (unpaired) electrons. The molecule has 0 unspecified atom stereocenters. The highest BCUT2D eigenvalue weighted by Gasteiger charge is 2.30. The summed E-state index contributed by atoms with van der Waals surface area (Å²) >= 11 is 0. The Labute approximate surface area is 116 Å². The van der Waals surface area contributed by atoms with Gasteiger partial charge in [0.2, 0.25) is 0 Å². The summed E-state index contributed by atoms with van der Waals surface area (Å²) in [6.07, 6.45) is -2.86. The molecule has 2 rings (SSSR count). The predicted octanol–water partition coefficient (Wildman–Crippen LogP) is 2.42. The minimum Gasteiger partial charge on any atom is -0.258 e. The normalized spacial score (nSPS) is 11.2. The zero-order valence-corrected chi connectivity index (χ0v) is 10.3. The maximum atomic E-state index is 12.4. The predicted molar refractivity (Wildman–Crippen MR) is 66.5 cm³/mol. The van der Waals surface area contributed by atoms with Gasteiger partial charge in [0.1, 0.15) is 17.8 Å². The van der Waals surface area contributed by atoms with Crippen molar-refractivity contribution in [3.8, 4) is 0 Å². The number of hydrogen-bond donors (Lipinski definition) is 1. The molecule has 0 bridgehead atoms. The van der Waals surface area contributed by atoms with Crippen LogP contribution >= 0.6 is 0 Å². The largest absolute Gasteiger partial charge is 0.417 e. The van der Waals surface area contributed by atoms with Gasteiger partial charge in [-0.05, 0) is 18.2 Å². The number of hydrazine groups is 1. The SMILES string of the molecule is NN(c1ccc([N+](=O)[O-])cn1)c1ccc(C(F)(F)F)cn1. The van der Waals surface area contributed by atoms with Crippen molar-refractivity contribution in [1.82, 2.24) is 9.97 Å². The Hall–Kier alpha value is -2.75. The monoisotopic (exact) mass is 299 g/mol. The first-order chi connectivity index (χ1) is 9.79. The van der Waals surface area contributed by atoms with Gasteiger partial charge in [0.25, 0.3) is 5.69 Å². The van der Waals surface area contributed by atoms with Gasteiger partial charge in [-0.15, -0.1) is 0 Å². The van der Waals surface area contributed by atoms with Gasteiger partial charge in [-0.1, -0.05) is 0 Å². The maximum absolute atomic E-state index is 12.4. The van der Waals surface area contributed by atoms with Crippen LogP contribution in [0.5, 0.6) is 0 Å². The van der Waals surface area contributed by atoms with Crippen molar-refractivity contribution in [3.63, 3.8) is 0 Å². The number of rotatable bonds is 3. The van der Waals surface area contributed by atoms with Gasteiger partial charge in [0.05, 0.1) is 10.5 Å². The maximum Gasteiger partial charge on any atom is 0.417 e. The van der Waals surface area contributed by atoms with Gasteiger partial charge in [-0.3, -0.25) is 10.1 Å². The third-order valence-electron chi connectivity index (χ3n) is 2.51. The number of halogens is 3. The molecule has 2 N–H and O–H groups in total. The zero-order valence-electron chi connectivity index (χ0n) is 10.3. The summed E-state index contributed by atoms with van der Waals surface area (Å²) in [6, 6.07) is 4.34. The van der Waals surface area contributed by atoms with Crippen LogP contribution in [0.1, 0.15) is 5.56 Å². The molecule has 0 saturated heterocycles. The summed E-state index contributed by atoms with van der Waals surface area (Å²) < 4.78 is 37.2. The van der Waals surface area contributed by atoms with Crippen LogP contribution in [0.3, 0.4) is 0 Å². The second kappa shape index (κ2) is 5.32. The van der Waals surface area contributed by atoms with Crippen molar-refractivity contribution >= 4 is 17.3 Å². The molecule has 7 nitrogen and oxygen atoms in total. The summed E-state index contributed by atoms with van der Waals surface area (Å²) in [4.78, 5) is 17.2. The number of pyridine rings is 2. The fraction of sp³-hybridized carbons (Fsp3) is 0.0909. The molecule has 0 aliphatic heterocycles. The van der Waals surface area contributed by atoms with Crippen LogP contribution in [0.15, 0.2) is 36.7 Å². The van der Waals surface area contributed by atoms with Crippen LogP contribution in [-0.2, 0) is 6.18 Å². The molecule has 0 aromatic carbocycles. The molecule has 0 atom stereocenters. The standard InChI is InChI=1S/C11H8F3N5O2/c12-11(13,14)7-1-3-9(16-5-7)18(15)10-4-2-8(6-17-10)19(20)21/h1-6H,15H2. The van der Waals surface area contributed by atoms with Crippen molar-refractivity contribution in [3.05, 3.63) is 52.3 Å². The second-order valence-corrected chi connectivity index (χ2v) is 3.90. The van der Waals surface area contributed by atoms with Crippen molar-refractivity contribution in [2.45, 2.75) is 6.18 Å². The zero-order chi connectivity index (χ0) is 15.6. The fourth-order valence-corrected chi connectivity index (χ4v) is 1.44. The number of nitrogens with zero attached hydrogens (tertiary/aromatic N) is 4. The smallest absolute Gasteiger partial charge is 0.258 e. The van der Waals surface area contributed by atoms with Crippen LogP contribution in [-0.4, -0.2) is 14.9 Å². The summed E-state index contributed by atoms with van der Waals surface area (Å²) in [5.41, 5.74) is -1.14. The average molecular weight is 299 g/mol. The molecular formula is C11H8F3N5O2. The van der Waals surface area contributed by atoms with Gasteiger partial charge in [-0.2, -0.15) is 13.2 Å². The van der Waals surface area contributed by atoms with E-state index in [1.807, 2.05) is 0 Å². The first-order valence-electron chi connectivity index (χ1n) is 5.47. The second-order valence-electron chi connectivity index (χ2n) is 3.90. The molecular weight excluding hydrogens is 291 g/mol. The highest BCUT2D eigenvalue weighted by atomic mass is 19.4. The highest BCUT2D eigenvalue weighted by molar-refractivity contribution is 5.55. The molecule has 0 spiro atoms. The van der Waals surface area contributed by atoms with Gasteiger partial charge in [0, 0.05) is 12.3 Å². The lowest BCUT2D eigenvalue weighted by Gasteiger charge is -2.16. The third-order valence-corrected chi connectivity index (χ3v) is 2.51. The molecule has 0 saturated carbocycles. The first-order valence-corrected chi connectivity index (χ1v) is 5.47. The lowest BCUT2D eigenvalue weighted by atomic mass is 10.3. The highest BCUT2D eigenvalue weighted by Crippen LogP contribution is 2.29. The number of hydrogen-bond acceptors (Lipinski definition) is 6. The van der Waals surface area contributed by atoms with Gasteiger partial charge in [-0.25, -0.2) is 20.8 Å². The van der Waals surface area contributed by atoms with E-state index in [1.54, 1.807) is 0 Å². The molecule has 2 aromatic rings. The van der Waals surface area contributed by atoms with Crippen molar-refractivity contribution in [2.75, 3.05) is 5.01 Å². The van der Waals surface area contributed by atoms with E-state index in [0.29, 0.717) is 6.20 Å². The van der Waals surface area contributed by atoms with E-state index in [-0.39, 0.29) is 17.3 Å². The topological polar surface area (TPSA) is 98.2 Å². The summed E-state index contributed by atoms with van der Waals surface area (Å²) in [5.74, 6) is 5.78. The van der Waals surface area contributed by atoms with Crippen molar-refractivity contribution in [2.24, 2.45) is 5.84 Å². The molecule has 2 aromatic heterocycles. The molecule has 0 amide bonds. The quantitative estimate of drug-likeness (QED) is 0.531. The molecule has 0 aliphatic carbocycles. The summed E-state index contributed by atoms with van der Waals surface area (Å²) in [7, 11) is 0. The first kappa shape index (κ1) is 14.7. The minimum absolute atomic E-state index is 0.0179. The van der Waals surface area contributed by atoms with E-state index in [1.165, 1.54) is 12.1 Å². The molecule has 0 aliphatic rings. The van der Waals surface area contributed by atoms with E-state index < -0.39 is 16.7 Å². The van der Waals surface area contributed by atoms with Crippen LogP contribution in [0.4, 0.5) is 30.5 Å². The Morgan fingerprint density at radius 2 is 1.67 bits per heavy atom. The lowest BCUT2D eigenvalue weighted by molar-refractivity contribution is -0.385. The lowest BCUT2D eigenvalue weighted by Crippen LogP contribution is -2.27. The van der Waals surface area contributed by atoms with E-state index in [4.69, 9.17) is 5.84 Å². The Balaban J connectivity index is 2.23. The number of alkyl halides is 3. The Morgan fingerprint density at radius 1 is 1.10 bits per heavy atom. The van der Waals surface area contributed by atoms with Gasteiger partial charge in [0.15, 0.2) is 0 Å². The Kier molecular flexibility index (Phi) is 3.72. The molecule has 110 valence electrons. The summed E-state index contributed by atoms with van der Waals surface area (Å²) in [6.45, 7) is 0.